The second-order valence-electron chi connectivity index (χ2n) is 4.26. The third kappa shape index (κ3) is 4.66. The van der Waals surface area contributed by atoms with Crippen LogP contribution in [0.1, 0.15) is 16.8 Å². The van der Waals surface area contributed by atoms with Crippen LogP contribution in [0.5, 0.6) is 0 Å². The summed E-state index contributed by atoms with van der Waals surface area (Å²) in [7, 11) is 0. The number of carboxylic acids is 1. The number of pyridine rings is 1. The number of nitrogens with zero attached hydrogens (tertiary/aromatic N) is 1. The lowest BCUT2D eigenvalue weighted by Crippen LogP contribution is -2.05. The minimum atomic E-state index is -4.33. The highest BCUT2D eigenvalue weighted by molar-refractivity contribution is 8.03. The van der Waals surface area contributed by atoms with Gasteiger partial charge in [-0.1, -0.05) is 12.2 Å². The van der Waals surface area contributed by atoms with E-state index in [4.69, 9.17) is 5.11 Å². The molecule has 4 nitrogen and oxygen atoms in total. The largest absolute Gasteiger partial charge is 0.478 e. The summed E-state index contributed by atoms with van der Waals surface area (Å²) in [6, 6.07) is 1.34. The number of rotatable bonds is 4. The van der Waals surface area contributed by atoms with E-state index in [2.05, 4.69) is 10.3 Å². The molecule has 2 N–H and O–H groups in total. The fourth-order valence-electron chi connectivity index (χ4n) is 1.75. The molecule has 1 aliphatic rings. The molecule has 8 heteroatoms. The van der Waals surface area contributed by atoms with Gasteiger partial charge in [-0.3, -0.25) is 4.98 Å². The maximum Gasteiger partial charge on any atom is 0.446 e. The summed E-state index contributed by atoms with van der Waals surface area (Å²) in [5, 5.41) is 11.9. The SMILES string of the molecule is O=C(O)c1ccncc1NC1=CC=C(SC(F)(F)F)CC=C1. The molecule has 22 heavy (non-hydrogen) atoms. The van der Waals surface area contributed by atoms with Crippen LogP contribution in [0.4, 0.5) is 18.9 Å². The Balaban J connectivity index is 2.19. The lowest BCUT2D eigenvalue weighted by molar-refractivity contribution is -0.0322. The Morgan fingerprint density at radius 1 is 1.36 bits per heavy atom. The number of nitrogens with one attached hydrogen (secondary N) is 1. The highest BCUT2D eigenvalue weighted by atomic mass is 32.2. The number of carboxylic acid groups (broad SMARTS) is 1. The highest BCUT2D eigenvalue weighted by Crippen LogP contribution is 2.38. The lowest BCUT2D eigenvalue weighted by atomic mass is 10.2. The number of halogens is 3. The molecule has 0 aliphatic heterocycles. The molecule has 1 aromatic heterocycles. The van der Waals surface area contributed by atoms with Crippen molar-refractivity contribution < 1.29 is 23.1 Å². The third-order valence-electron chi connectivity index (χ3n) is 2.64. The first kappa shape index (κ1) is 16.2. The minimum absolute atomic E-state index is 0.0300. The quantitative estimate of drug-likeness (QED) is 0.868. The molecule has 0 fully saturated rings. The molecule has 0 aromatic carbocycles. The van der Waals surface area contributed by atoms with Gasteiger partial charge in [0.1, 0.15) is 0 Å². The summed E-state index contributed by atoms with van der Waals surface area (Å²) in [5.74, 6) is -1.12. The zero-order valence-electron chi connectivity index (χ0n) is 11.1. The van der Waals surface area contributed by atoms with Crippen LogP contribution in [0.3, 0.4) is 0 Å². The van der Waals surface area contributed by atoms with Gasteiger partial charge < -0.3 is 10.4 Å². The maximum absolute atomic E-state index is 12.3. The number of carbonyl (C=O) groups is 1. The number of anilines is 1. The Morgan fingerprint density at radius 2 is 2.14 bits per heavy atom. The Hall–Kier alpha value is -2.22. The minimum Gasteiger partial charge on any atom is -0.478 e. The van der Waals surface area contributed by atoms with Gasteiger partial charge in [0.15, 0.2) is 0 Å². The van der Waals surface area contributed by atoms with Crippen molar-refractivity contribution in [2.45, 2.75) is 11.9 Å². The maximum atomic E-state index is 12.3. The first-order valence-electron chi connectivity index (χ1n) is 6.12. The number of allylic oxidation sites excluding steroid dienone is 5. The summed E-state index contributed by atoms with van der Waals surface area (Å²) >= 11 is -0.162. The van der Waals surface area contributed by atoms with E-state index in [1.54, 1.807) is 12.2 Å². The number of thioether (sulfide) groups is 1. The van der Waals surface area contributed by atoms with Gasteiger partial charge in [-0.15, -0.1) is 0 Å². The molecule has 0 spiro atoms. The Bertz CT molecular complexity index is 666. The molecule has 116 valence electrons. The topological polar surface area (TPSA) is 62.2 Å². The van der Waals surface area contributed by atoms with E-state index < -0.39 is 11.5 Å². The van der Waals surface area contributed by atoms with Crippen molar-refractivity contribution in [1.29, 1.82) is 0 Å². The Morgan fingerprint density at radius 3 is 2.82 bits per heavy atom. The molecule has 0 unspecified atom stereocenters. The van der Waals surface area contributed by atoms with Crippen molar-refractivity contribution in [1.82, 2.24) is 4.98 Å². The smallest absolute Gasteiger partial charge is 0.446 e. The van der Waals surface area contributed by atoms with Crippen molar-refractivity contribution in [2.75, 3.05) is 5.32 Å². The van der Waals surface area contributed by atoms with Crippen LogP contribution in [0.25, 0.3) is 0 Å². The Kier molecular flexibility index (Phi) is 4.92. The fourth-order valence-corrected chi connectivity index (χ4v) is 2.37. The normalized spacial score (nSPS) is 14.9. The number of aromatic nitrogens is 1. The Labute approximate surface area is 128 Å². The number of aromatic carboxylic acids is 1. The molecular weight excluding hydrogens is 317 g/mol. The van der Waals surface area contributed by atoms with E-state index in [1.807, 2.05) is 0 Å². The monoisotopic (exact) mass is 328 g/mol. The molecule has 2 rings (SSSR count). The molecule has 1 aromatic rings. The summed E-state index contributed by atoms with van der Waals surface area (Å²) in [6.07, 6.45) is 8.85. The summed E-state index contributed by atoms with van der Waals surface area (Å²) in [5.41, 5.74) is -3.55. The second kappa shape index (κ2) is 6.69. The molecule has 1 aliphatic carbocycles. The predicted molar refractivity (Wildman–Crippen MR) is 78.4 cm³/mol. The van der Waals surface area contributed by atoms with Crippen molar-refractivity contribution in [2.24, 2.45) is 0 Å². The van der Waals surface area contributed by atoms with Crippen LogP contribution in [0.2, 0.25) is 0 Å². The molecule has 0 atom stereocenters. The van der Waals surface area contributed by atoms with Gasteiger partial charge in [0, 0.05) is 11.9 Å². The zero-order valence-corrected chi connectivity index (χ0v) is 11.9. The van der Waals surface area contributed by atoms with Crippen LogP contribution in [-0.2, 0) is 0 Å². The van der Waals surface area contributed by atoms with Crippen LogP contribution < -0.4 is 5.32 Å². The van der Waals surface area contributed by atoms with Crippen molar-refractivity contribution in [3.05, 3.63) is 58.9 Å². The molecule has 0 bridgehead atoms. The lowest BCUT2D eigenvalue weighted by Gasteiger charge is -2.08. The van der Waals surface area contributed by atoms with Crippen molar-refractivity contribution in [3.8, 4) is 0 Å². The third-order valence-corrected chi connectivity index (χ3v) is 3.44. The second-order valence-corrected chi connectivity index (χ2v) is 5.45. The van der Waals surface area contributed by atoms with E-state index in [0.29, 0.717) is 5.70 Å². The average molecular weight is 328 g/mol. The van der Waals surface area contributed by atoms with Crippen molar-refractivity contribution in [3.63, 3.8) is 0 Å². The van der Waals surface area contributed by atoms with E-state index >= 15 is 0 Å². The number of hydrogen-bond donors (Lipinski definition) is 2. The first-order chi connectivity index (χ1) is 10.3. The molecule has 0 amide bonds. The molecule has 0 saturated carbocycles. The van der Waals surface area contributed by atoms with E-state index in [-0.39, 0.29) is 34.3 Å². The van der Waals surface area contributed by atoms with Crippen LogP contribution in [-0.4, -0.2) is 21.6 Å². The summed E-state index contributed by atoms with van der Waals surface area (Å²) in [6.45, 7) is 0. The highest BCUT2D eigenvalue weighted by Gasteiger charge is 2.29. The molecule has 1 heterocycles. The zero-order chi connectivity index (χ0) is 16.2. The summed E-state index contributed by atoms with van der Waals surface area (Å²) in [4.78, 5) is 15.1. The molecular formula is C14H11F3N2O2S. The van der Waals surface area contributed by atoms with Gasteiger partial charge in [0.2, 0.25) is 0 Å². The number of hydrogen-bond acceptors (Lipinski definition) is 4. The van der Waals surface area contributed by atoms with E-state index in [9.17, 15) is 18.0 Å². The van der Waals surface area contributed by atoms with Gasteiger partial charge in [-0.25, -0.2) is 4.79 Å². The van der Waals surface area contributed by atoms with Crippen LogP contribution >= 0.6 is 11.8 Å². The summed E-state index contributed by atoms with van der Waals surface area (Å²) < 4.78 is 37.0. The van der Waals surface area contributed by atoms with E-state index in [0.717, 1.165) is 0 Å². The van der Waals surface area contributed by atoms with E-state index in [1.165, 1.54) is 30.6 Å². The standard InChI is InChI=1S/C14H11F3N2O2S/c15-14(16,17)22-10-3-1-2-9(4-5-10)19-12-8-18-7-6-11(12)13(20)21/h1-2,4-8,19H,3H2,(H,20,21). The van der Waals surface area contributed by atoms with Gasteiger partial charge in [-0.2, -0.15) is 13.2 Å². The van der Waals surface area contributed by atoms with Crippen LogP contribution in [0.15, 0.2) is 53.4 Å². The average Bonchev–Trinajstić information content (AvgIpc) is 2.63. The van der Waals surface area contributed by atoms with Gasteiger partial charge in [0.05, 0.1) is 17.4 Å². The van der Waals surface area contributed by atoms with Crippen molar-refractivity contribution >= 4 is 23.4 Å². The molecule has 0 saturated heterocycles. The molecule has 0 radical (unpaired) electrons. The predicted octanol–water partition coefficient (Wildman–Crippen LogP) is 4.17. The first-order valence-corrected chi connectivity index (χ1v) is 6.94. The van der Waals surface area contributed by atoms with Crippen LogP contribution in [0, 0.1) is 0 Å². The van der Waals surface area contributed by atoms with Gasteiger partial charge >= 0.3 is 11.5 Å². The fraction of sp³-hybridized carbons (Fsp3) is 0.143. The van der Waals surface area contributed by atoms with Gasteiger partial charge in [0.25, 0.3) is 0 Å². The number of alkyl halides is 3. The van der Waals surface area contributed by atoms with Gasteiger partial charge in [-0.05, 0) is 41.3 Å².